The van der Waals surface area contributed by atoms with Crippen LogP contribution < -0.4 is 0 Å². The average molecular weight is 228 g/mol. The first-order valence-corrected chi connectivity index (χ1v) is 5.18. The predicted molar refractivity (Wildman–Crippen MR) is 60.9 cm³/mol. The number of rotatable bonds is 1. The minimum Gasteiger partial charge on any atom is -0.220 e. The number of hydrogen-bond donors (Lipinski definition) is 0. The lowest BCUT2D eigenvalue weighted by molar-refractivity contribution is 0.629. The lowest BCUT2D eigenvalue weighted by atomic mass is 10.1. The molecule has 0 aliphatic rings. The molecule has 3 rings (SSSR count). The molecule has 0 saturated heterocycles. The van der Waals surface area contributed by atoms with Crippen molar-refractivity contribution in [1.29, 1.82) is 0 Å². The smallest absolute Gasteiger partial charge is 0.220 e. The van der Waals surface area contributed by atoms with Crippen LogP contribution in [0.15, 0.2) is 36.7 Å². The van der Waals surface area contributed by atoms with E-state index in [1.165, 1.54) is 10.6 Å². The summed E-state index contributed by atoms with van der Waals surface area (Å²) in [4.78, 5) is 8.23. The highest BCUT2D eigenvalue weighted by atomic mass is 19.1. The van der Waals surface area contributed by atoms with Crippen LogP contribution in [0.1, 0.15) is 5.56 Å². The van der Waals surface area contributed by atoms with Crippen LogP contribution in [0.4, 0.5) is 4.39 Å². The zero-order valence-electron chi connectivity index (χ0n) is 9.13. The van der Waals surface area contributed by atoms with Gasteiger partial charge in [-0.3, -0.25) is 0 Å². The van der Waals surface area contributed by atoms with Gasteiger partial charge < -0.3 is 0 Å². The van der Waals surface area contributed by atoms with Crippen LogP contribution in [0, 0.1) is 12.7 Å². The second kappa shape index (κ2) is 3.62. The zero-order valence-corrected chi connectivity index (χ0v) is 9.13. The molecule has 0 bridgehead atoms. The van der Waals surface area contributed by atoms with Crippen molar-refractivity contribution in [2.75, 3.05) is 0 Å². The van der Waals surface area contributed by atoms with Crippen LogP contribution in [-0.4, -0.2) is 19.6 Å². The van der Waals surface area contributed by atoms with Crippen molar-refractivity contribution in [3.05, 3.63) is 48.0 Å². The quantitative estimate of drug-likeness (QED) is 0.641. The molecule has 0 radical (unpaired) electrons. The molecule has 0 atom stereocenters. The lowest BCUT2D eigenvalue weighted by Crippen LogP contribution is -1.89. The van der Waals surface area contributed by atoms with Crippen LogP contribution in [0.3, 0.4) is 0 Å². The minimum absolute atomic E-state index is 0.327. The summed E-state index contributed by atoms with van der Waals surface area (Å²) in [5.41, 5.74) is 1.36. The van der Waals surface area contributed by atoms with Crippen LogP contribution in [0.25, 0.3) is 17.2 Å². The molecule has 84 valence electrons. The first-order chi connectivity index (χ1) is 8.24. The molecule has 5 heteroatoms. The van der Waals surface area contributed by atoms with Gasteiger partial charge in [-0.15, -0.1) is 5.10 Å². The minimum atomic E-state index is -0.327. The molecule has 0 aliphatic heterocycles. The summed E-state index contributed by atoms with van der Waals surface area (Å²) < 4.78 is 15.2. The van der Waals surface area contributed by atoms with E-state index in [0.717, 1.165) is 5.56 Å². The van der Waals surface area contributed by atoms with E-state index in [-0.39, 0.29) is 5.82 Å². The lowest BCUT2D eigenvalue weighted by Gasteiger charge is -1.98. The molecular formula is C12H9FN4. The normalized spacial score (nSPS) is 10.9. The molecular weight excluding hydrogens is 219 g/mol. The van der Waals surface area contributed by atoms with E-state index in [1.807, 2.05) is 6.92 Å². The average Bonchev–Trinajstić information content (AvgIpc) is 2.75. The van der Waals surface area contributed by atoms with Gasteiger partial charge in [-0.2, -0.15) is 4.98 Å². The standard InChI is InChI=1S/C12H9FN4/c1-8-3-4-10(13)9(7-8)11-15-12-14-5-2-6-17(12)16-11/h2-7H,1H3. The maximum atomic E-state index is 13.7. The molecule has 0 fully saturated rings. The molecule has 1 aromatic carbocycles. The first-order valence-electron chi connectivity index (χ1n) is 5.18. The summed E-state index contributed by atoms with van der Waals surface area (Å²) in [6.45, 7) is 1.90. The Kier molecular flexibility index (Phi) is 2.11. The topological polar surface area (TPSA) is 43.1 Å². The van der Waals surface area contributed by atoms with E-state index in [0.29, 0.717) is 17.2 Å². The molecule has 0 unspecified atom stereocenters. The van der Waals surface area contributed by atoms with Gasteiger partial charge in [0.25, 0.3) is 5.78 Å². The number of aromatic nitrogens is 4. The fourth-order valence-corrected chi connectivity index (χ4v) is 1.66. The van der Waals surface area contributed by atoms with Crippen molar-refractivity contribution in [2.45, 2.75) is 6.92 Å². The summed E-state index contributed by atoms with van der Waals surface area (Å²) in [7, 11) is 0. The number of halogens is 1. The van der Waals surface area contributed by atoms with Gasteiger partial charge in [0.15, 0.2) is 5.82 Å². The SMILES string of the molecule is Cc1ccc(F)c(-c2nc3ncccn3n2)c1. The first kappa shape index (κ1) is 9.89. The largest absolute Gasteiger partial charge is 0.252 e. The van der Waals surface area contributed by atoms with E-state index in [2.05, 4.69) is 15.1 Å². The number of aryl methyl sites for hydroxylation is 1. The van der Waals surface area contributed by atoms with Crippen molar-refractivity contribution in [3.8, 4) is 11.4 Å². The van der Waals surface area contributed by atoms with Gasteiger partial charge in [0.2, 0.25) is 0 Å². The van der Waals surface area contributed by atoms with E-state index in [9.17, 15) is 4.39 Å². The molecule has 0 aliphatic carbocycles. The molecule has 0 amide bonds. The van der Waals surface area contributed by atoms with Crippen LogP contribution >= 0.6 is 0 Å². The third-order valence-electron chi connectivity index (χ3n) is 2.48. The van der Waals surface area contributed by atoms with Crippen molar-refractivity contribution in [1.82, 2.24) is 19.6 Å². The summed E-state index contributed by atoms with van der Waals surface area (Å²) >= 11 is 0. The Labute approximate surface area is 96.8 Å². The number of nitrogens with zero attached hydrogens (tertiary/aromatic N) is 4. The second-order valence-electron chi connectivity index (χ2n) is 3.78. The number of benzene rings is 1. The molecule has 0 N–H and O–H groups in total. The Bertz CT molecular complexity index is 657. The molecule has 0 spiro atoms. The second-order valence-corrected chi connectivity index (χ2v) is 3.78. The maximum Gasteiger partial charge on any atom is 0.252 e. The Morgan fingerprint density at radius 3 is 3.00 bits per heavy atom. The van der Waals surface area contributed by atoms with Gasteiger partial charge in [0.05, 0.1) is 5.56 Å². The molecule has 3 aromatic rings. The van der Waals surface area contributed by atoms with Gasteiger partial charge >= 0.3 is 0 Å². The predicted octanol–water partition coefficient (Wildman–Crippen LogP) is 2.24. The van der Waals surface area contributed by atoms with E-state index in [4.69, 9.17) is 0 Å². The monoisotopic (exact) mass is 228 g/mol. The Balaban J connectivity index is 2.23. The van der Waals surface area contributed by atoms with Crippen molar-refractivity contribution < 1.29 is 4.39 Å². The molecule has 2 aromatic heterocycles. The van der Waals surface area contributed by atoms with Gasteiger partial charge in [0, 0.05) is 12.4 Å². The summed E-state index contributed by atoms with van der Waals surface area (Å²) in [5, 5.41) is 4.19. The van der Waals surface area contributed by atoms with Crippen LogP contribution in [0.2, 0.25) is 0 Å². The Morgan fingerprint density at radius 2 is 2.18 bits per heavy atom. The van der Waals surface area contributed by atoms with Crippen LogP contribution in [-0.2, 0) is 0 Å². The Hall–Kier alpha value is -2.30. The third-order valence-corrected chi connectivity index (χ3v) is 2.48. The highest BCUT2D eigenvalue weighted by Crippen LogP contribution is 2.20. The van der Waals surface area contributed by atoms with Gasteiger partial charge in [-0.1, -0.05) is 11.6 Å². The van der Waals surface area contributed by atoms with Crippen molar-refractivity contribution in [3.63, 3.8) is 0 Å². The fraction of sp³-hybridized carbons (Fsp3) is 0.0833. The number of hydrogen-bond acceptors (Lipinski definition) is 3. The summed E-state index contributed by atoms with van der Waals surface area (Å²) in [5.74, 6) is 0.486. The number of fused-ring (bicyclic) bond motifs is 1. The molecule has 0 saturated carbocycles. The van der Waals surface area contributed by atoms with E-state index in [1.54, 1.807) is 30.6 Å². The van der Waals surface area contributed by atoms with Crippen LogP contribution in [0.5, 0.6) is 0 Å². The zero-order chi connectivity index (χ0) is 11.8. The van der Waals surface area contributed by atoms with Crippen molar-refractivity contribution in [2.24, 2.45) is 0 Å². The fourth-order valence-electron chi connectivity index (χ4n) is 1.66. The third kappa shape index (κ3) is 1.65. The molecule has 4 nitrogen and oxygen atoms in total. The molecule has 2 heterocycles. The van der Waals surface area contributed by atoms with Crippen molar-refractivity contribution >= 4 is 5.78 Å². The van der Waals surface area contributed by atoms with Gasteiger partial charge in [-0.25, -0.2) is 13.9 Å². The summed E-state index contributed by atoms with van der Waals surface area (Å²) in [6, 6.07) is 6.61. The van der Waals surface area contributed by atoms with E-state index >= 15 is 0 Å². The van der Waals surface area contributed by atoms with Gasteiger partial charge in [0.1, 0.15) is 5.82 Å². The highest BCUT2D eigenvalue weighted by Gasteiger charge is 2.11. The Morgan fingerprint density at radius 1 is 1.29 bits per heavy atom. The van der Waals surface area contributed by atoms with Gasteiger partial charge in [-0.05, 0) is 25.1 Å². The molecule has 17 heavy (non-hydrogen) atoms. The maximum absolute atomic E-state index is 13.7. The van der Waals surface area contributed by atoms with E-state index < -0.39 is 0 Å². The summed E-state index contributed by atoms with van der Waals surface area (Å²) in [6.07, 6.45) is 3.35. The highest BCUT2D eigenvalue weighted by molar-refractivity contribution is 5.58.